The first-order valence-electron chi connectivity index (χ1n) is 5.66. The molecule has 2 aromatic rings. The maximum atomic E-state index is 12.5. The van der Waals surface area contributed by atoms with Crippen LogP contribution in [0.3, 0.4) is 0 Å². The number of ketones is 1. The molecule has 0 N–H and O–H groups in total. The first-order valence-corrected chi connectivity index (χ1v) is 8.04. The summed E-state index contributed by atoms with van der Waals surface area (Å²) < 4.78 is 2.43. The second-order valence-corrected chi connectivity index (χ2v) is 6.89. The van der Waals surface area contributed by atoms with E-state index in [1.165, 1.54) is 0 Å². The van der Waals surface area contributed by atoms with Crippen molar-refractivity contribution in [3.63, 3.8) is 0 Å². The molecule has 0 radical (unpaired) electrons. The predicted octanol–water partition coefficient (Wildman–Crippen LogP) is 5.46. The van der Waals surface area contributed by atoms with E-state index >= 15 is 0 Å². The molecule has 0 aromatic heterocycles. The molecule has 5 heteroatoms. The number of nitriles is 1. The Morgan fingerprint density at radius 2 is 1.65 bits per heavy atom. The van der Waals surface area contributed by atoms with Crippen LogP contribution in [0.4, 0.5) is 0 Å². The summed E-state index contributed by atoms with van der Waals surface area (Å²) in [6.45, 7) is 0. The second-order valence-electron chi connectivity index (χ2n) is 4.14. The van der Waals surface area contributed by atoms with Crippen LogP contribution in [0.1, 0.15) is 21.8 Å². The van der Waals surface area contributed by atoms with Gasteiger partial charge in [0.15, 0.2) is 5.78 Å². The average Bonchev–Trinajstić information content (AvgIpc) is 2.38. The summed E-state index contributed by atoms with van der Waals surface area (Å²) in [4.78, 5) is 12.5. The monoisotopic (exact) mass is 455 g/mol. The van der Waals surface area contributed by atoms with E-state index in [0.717, 1.165) is 13.4 Å². The van der Waals surface area contributed by atoms with Crippen molar-refractivity contribution in [2.24, 2.45) is 0 Å². The summed E-state index contributed by atoms with van der Waals surface area (Å²) in [6, 6.07) is 14.6. The van der Waals surface area contributed by atoms with Crippen molar-refractivity contribution in [1.82, 2.24) is 0 Å². The van der Waals surface area contributed by atoms with Gasteiger partial charge in [-0.3, -0.25) is 4.79 Å². The standard InChI is InChI=1S/C15H8Br3NO/c16-11-3-1-2-9(4-11)14(8-19)15(20)10-5-12(17)7-13(18)6-10/h1-7,14H. The number of benzene rings is 2. The van der Waals surface area contributed by atoms with Crippen molar-refractivity contribution in [3.05, 3.63) is 67.0 Å². The van der Waals surface area contributed by atoms with Crippen LogP contribution in [-0.2, 0) is 0 Å². The Bertz CT molecular complexity index is 686. The Hall–Kier alpha value is -0.960. The molecular formula is C15H8Br3NO. The van der Waals surface area contributed by atoms with Gasteiger partial charge in [0.05, 0.1) is 6.07 Å². The second kappa shape index (κ2) is 6.66. The van der Waals surface area contributed by atoms with Gasteiger partial charge in [-0.1, -0.05) is 59.9 Å². The molecule has 2 rings (SSSR count). The van der Waals surface area contributed by atoms with E-state index < -0.39 is 5.92 Å². The first-order chi connectivity index (χ1) is 9.51. The molecule has 2 nitrogen and oxygen atoms in total. The molecule has 0 bridgehead atoms. The third-order valence-electron chi connectivity index (χ3n) is 2.72. The lowest BCUT2D eigenvalue weighted by Gasteiger charge is -2.10. The normalized spacial score (nSPS) is 11.7. The molecular weight excluding hydrogens is 450 g/mol. The van der Waals surface area contributed by atoms with E-state index in [4.69, 9.17) is 0 Å². The van der Waals surface area contributed by atoms with Crippen LogP contribution < -0.4 is 0 Å². The van der Waals surface area contributed by atoms with Gasteiger partial charge in [-0.25, -0.2) is 0 Å². The highest BCUT2D eigenvalue weighted by Crippen LogP contribution is 2.27. The molecule has 0 saturated carbocycles. The Labute approximate surface area is 142 Å². The fourth-order valence-electron chi connectivity index (χ4n) is 1.83. The Kier molecular flexibility index (Phi) is 5.14. The lowest BCUT2D eigenvalue weighted by Crippen LogP contribution is -2.11. The summed E-state index contributed by atoms with van der Waals surface area (Å²) in [5.41, 5.74) is 1.18. The number of rotatable bonds is 3. The molecule has 2 aromatic carbocycles. The highest BCUT2D eigenvalue weighted by atomic mass is 79.9. The predicted molar refractivity (Wildman–Crippen MR) is 88.7 cm³/mol. The third-order valence-corrected chi connectivity index (χ3v) is 4.13. The van der Waals surface area contributed by atoms with E-state index in [-0.39, 0.29) is 5.78 Å². The number of Topliss-reactive ketones (excluding diaryl/α,β-unsaturated/α-hetero) is 1. The summed E-state index contributed by atoms with van der Waals surface area (Å²) in [7, 11) is 0. The quantitative estimate of drug-likeness (QED) is 0.574. The molecule has 1 atom stereocenters. The van der Waals surface area contributed by atoms with Crippen LogP contribution in [0.25, 0.3) is 0 Å². The summed E-state index contributed by atoms with van der Waals surface area (Å²) in [6.07, 6.45) is 0. The molecule has 0 aliphatic carbocycles. The van der Waals surface area contributed by atoms with Crippen LogP contribution in [-0.4, -0.2) is 5.78 Å². The minimum Gasteiger partial charge on any atom is -0.292 e. The lowest BCUT2D eigenvalue weighted by atomic mass is 9.92. The van der Waals surface area contributed by atoms with E-state index in [2.05, 4.69) is 53.9 Å². The molecule has 0 fully saturated rings. The maximum absolute atomic E-state index is 12.5. The highest BCUT2D eigenvalue weighted by Gasteiger charge is 2.22. The van der Waals surface area contributed by atoms with Crippen molar-refractivity contribution < 1.29 is 4.79 Å². The molecule has 0 spiro atoms. The van der Waals surface area contributed by atoms with E-state index in [1.54, 1.807) is 24.3 Å². The molecule has 0 aliphatic heterocycles. The zero-order chi connectivity index (χ0) is 14.7. The van der Waals surface area contributed by atoms with Crippen molar-refractivity contribution in [2.45, 2.75) is 5.92 Å². The Morgan fingerprint density at radius 3 is 2.20 bits per heavy atom. The van der Waals surface area contributed by atoms with Crippen molar-refractivity contribution in [3.8, 4) is 6.07 Å². The molecule has 20 heavy (non-hydrogen) atoms. The minimum atomic E-state index is -0.811. The molecule has 0 heterocycles. The summed E-state index contributed by atoms with van der Waals surface area (Å²) >= 11 is 10.0. The van der Waals surface area contributed by atoms with Gasteiger partial charge >= 0.3 is 0 Å². The average molecular weight is 458 g/mol. The zero-order valence-electron chi connectivity index (χ0n) is 10.1. The molecule has 0 saturated heterocycles. The Morgan fingerprint density at radius 1 is 1.00 bits per heavy atom. The zero-order valence-corrected chi connectivity index (χ0v) is 14.9. The van der Waals surface area contributed by atoms with Crippen molar-refractivity contribution in [1.29, 1.82) is 5.26 Å². The van der Waals surface area contributed by atoms with Gasteiger partial charge in [0.25, 0.3) is 0 Å². The van der Waals surface area contributed by atoms with Crippen LogP contribution >= 0.6 is 47.8 Å². The van der Waals surface area contributed by atoms with Crippen LogP contribution in [0.15, 0.2) is 55.9 Å². The van der Waals surface area contributed by atoms with Gasteiger partial charge in [0, 0.05) is 19.0 Å². The molecule has 100 valence electrons. The summed E-state index contributed by atoms with van der Waals surface area (Å²) in [5.74, 6) is -1.03. The maximum Gasteiger partial charge on any atom is 0.184 e. The number of hydrogen-bond acceptors (Lipinski definition) is 2. The van der Waals surface area contributed by atoms with E-state index in [0.29, 0.717) is 11.1 Å². The van der Waals surface area contributed by atoms with Gasteiger partial charge in [0.1, 0.15) is 5.92 Å². The lowest BCUT2D eigenvalue weighted by molar-refractivity contribution is 0.0978. The van der Waals surface area contributed by atoms with Gasteiger partial charge in [-0.2, -0.15) is 5.26 Å². The van der Waals surface area contributed by atoms with E-state index in [1.807, 2.05) is 18.2 Å². The van der Waals surface area contributed by atoms with Gasteiger partial charge in [0.2, 0.25) is 0 Å². The number of carbonyl (C=O) groups excluding carboxylic acids is 1. The molecule has 0 amide bonds. The van der Waals surface area contributed by atoms with Crippen LogP contribution in [0.2, 0.25) is 0 Å². The number of hydrogen-bond donors (Lipinski definition) is 0. The highest BCUT2D eigenvalue weighted by molar-refractivity contribution is 9.11. The summed E-state index contributed by atoms with van der Waals surface area (Å²) in [5, 5.41) is 9.33. The van der Waals surface area contributed by atoms with Gasteiger partial charge in [-0.05, 0) is 35.9 Å². The first kappa shape index (κ1) is 15.4. The number of nitrogens with zero attached hydrogens (tertiary/aromatic N) is 1. The minimum absolute atomic E-state index is 0.215. The molecule has 0 aliphatic rings. The van der Waals surface area contributed by atoms with Crippen LogP contribution in [0, 0.1) is 11.3 Å². The largest absolute Gasteiger partial charge is 0.292 e. The molecule has 1 unspecified atom stereocenters. The Balaban J connectivity index is 2.42. The fraction of sp³-hybridized carbons (Fsp3) is 0.0667. The van der Waals surface area contributed by atoms with Crippen LogP contribution in [0.5, 0.6) is 0 Å². The third kappa shape index (κ3) is 3.57. The van der Waals surface area contributed by atoms with Crippen molar-refractivity contribution in [2.75, 3.05) is 0 Å². The van der Waals surface area contributed by atoms with Gasteiger partial charge < -0.3 is 0 Å². The number of halogens is 3. The van der Waals surface area contributed by atoms with E-state index in [9.17, 15) is 10.1 Å². The van der Waals surface area contributed by atoms with Gasteiger partial charge in [-0.15, -0.1) is 0 Å². The number of carbonyl (C=O) groups is 1. The topological polar surface area (TPSA) is 40.9 Å². The SMILES string of the molecule is N#CC(C(=O)c1cc(Br)cc(Br)c1)c1cccc(Br)c1. The smallest absolute Gasteiger partial charge is 0.184 e. The van der Waals surface area contributed by atoms with Crippen molar-refractivity contribution >= 4 is 53.6 Å². The fourth-order valence-corrected chi connectivity index (χ4v) is 3.54.